The van der Waals surface area contributed by atoms with Crippen molar-refractivity contribution in [3.63, 3.8) is 0 Å². The highest BCUT2D eigenvalue weighted by molar-refractivity contribution is 7.98. The second kappa shape index (κ2) is 12.7. The highest BCUT2D eigenvalue weighted by Gasteiger charge is 2.18. The normalized spacial score (nSPS) is 11.3. The van der Waals surface area contributed by atoms with Gasteiger partial charge < -0.3 is 19.3 Å². The molecule has 0 amide bonds. The first-order valence-electron chi connectivity index (χ1n) is 13.3. The lowest BCUT2D eigenvalue weighted by molar-refractivity contribution is -0.143. The zero-order chi connectivity index (χ0) is 27.9. The van der Waals surface area contributed by atoms with Crippen LogP contribution < -0.4 is 5.69 Å². The maximum absolute atomic E-state index is 12.8. The number of hydrogen-bond acceptors (Lipinski definition) is 8. The maximum atomic E-state index is 12.8. The summed E-state index contributed by atoms with van der Waals surface area (Å²) < 4.78 is 7.08. The Labute approximate surface area is 234 Å². The number of thioether (sulfide) groups is 1. The molecule has 206 valence electrons. The molecule has 3 heterocycles. The van der Waals surface area contributed by atoms with Crippen LogP contribution in [-0.2, 0) is 28.2 Å². The second-order valence-corrected chi connectivity index (χ2v) is 10.3. The molecule has 10 nitrogen and oxygen atoms in total. The van der Waals surface area contributed by atoms with Crippen LogP contribution in [0, 0.1) is 0 Å². The molecule has 0 aliphatic rings. The standard InChI is InChI=1S/C29H30N6O4S/c1-2-39-24(37)15-9-8-14-23(36)26-21(30-28(38)31-26)18-40-29-32-27-25(33-34-29)20-12-6-7-13-22(20)35(27)17-16-19-10-4-3-5-11-19/h3-7,10-13H,2,8-9,14-18H2,1H3,(H2,30,31,38). The Balaban J connectivity index is 1.31. The number of H-pyrrole nitrogens is 2. The number of nitrogens with one attached hydrogen (secondary N) is 2. The highest BCUT2D eigenvalue weighted by atomic mass is 32.2. The summed E-state index contributed by atoms with van der Waals surface area (Å²) in [6.45, 7) is 2.83. The molecule has 0 unspecified atom stereocenters. The molecule has 0 aliphatic carbocycles. The fourth-order valence-corrected chi connectivity index (χ4v) is 5.42. The summed E-state index contributed by atoms with van der Waals surface area (Å²) in [5, 5.41) is 10.3. The fourth-order valence-electron chi connectivity index (χ4n) is 4.68. The van der Waals surface area contributed by atoms with E-state index in [1.807, 2.05) is 36.4 Å². The van der Waals surface area contributed by atoms with Crippen LogP contribution >= 0.6 is 11.8 Å². The number of imidazole rings is 1. The Morgan fingerprint density at radius 2 is 1.75 bits per heavy atom. The number of unbranched alkanes of at least 4 members (excludes halogenated alkanes) is 1. The highest BCUT2D eigenvalue weighted by Crippen LogP contribution is 2.28. The van der Waals surface area contributed by atoms with Crippen LogP contribution in [0.25, 0.3) is 22.1 Å². The van der Waals surface area contributed by atoms with E-state index in [1.54, 1.807) is 6.92 Å². The Morgan fingerprint density at radius 3 is 2.58 bits per heavy atom. The number of esters is 1. The number of Topliss-reactive ketones (excluding diaryl/α,β-unsaturated/α-hetero) is 1. The van der Waals surface area contributed by atoms with E-state index in [9.17, 15) is 14.4 Å². The van der Waals surface area contributed by atoms with E-state index in [-0.39, 0.29) is 30.3 Å². The molecule has 2 aromatic carbocycles. The molecular formula is C29H30N6O4S. The number of aromatic nitrogens is 6. The number of ketones is 1. The van der Waals surface area contributed by atoms with Crippen molar-refractivity contribution in [2.45, 2.75) is 56.5 Å². The summed E-state index contributed by atoms with van der Waals surface area (Å²) in [6.07, 6.45) is 2.39. The van der Waals surface area contributed by atoms with Gasteiger partial charge in [0.25, 0.3) is 0 Å². The average molecular weight is 559 g/mol. The summed E-state index contributed by atoms with van der Waals surface area (Å²) >= 11 is 1.30. The van der Waals surface area contributed by atoms with Crippen molar-refractivity contribution < 1.29 is 14.3 Å². The molecular weight excluding hydrogens is 528 g/mol. The molecule has 0 atom stereocenters. The van der Waals surface area contributed by atoms with Gasteiger partial charge in [-0.15, -0.1) is 10.2 Å². The Kier molecular flexibility index (Phi) is 8.70. The van der Waals surface area contributed by atoms with E-state index < -0.39 is 5.69 Å². The Bertz CT molecular complexity index is 1690. The first-order chi connectivity index (χ1) is 19.5. The van der Waals surface area contributed by atoms with E-state index in [2.05, 4.69) is 42.9 Å². The molecule has 0 radical (unpaired) electrons. The molecule has 5 rings (SSSR count). The van der Waals surface area contributed by atoms with Gasteiger partial charge in [-0.1, -0.05) is 60.3 Å². The van der Waals surface area contributed by atoms with Gasteiger partial charge in [0, 0.05) is 30.5 Å². The van der Waals surface area contributed by atoms with Gasteiger partial charge in [0.15, 0.2) is 11.4 Å². The number of benzene rings is 2. The lowest BCUT2D eigenvalue weighted by Crippen LogP contribution is -2.07. The van der Waals surface area contributed by atoms with E-state index >= 15 is 0 Å². The minimum atomic E-state index is -0.444. The summed E-state index contributed by atoms with van der Waals surface area (Å²) in [5.41, 5.74) is 4.05. The second-order valence-electron chi connectivity index (χ2n) is 9.33. The van der Waals surface area contributed by atoms with Crippen LogP contribution in [-0.4, -0.2) is 48.1 Å². The Hall–Kier alpha value is -4.25. The molecule has 0 fully saturated rings. The number of hydrogen-bond donors (Lipinski definition) is 2. The van der Waals surface area contributed by atoms with Crippen LogP contribution in [0.15, 0.2) is 64.5 Å². The summed E-state index contributed by atoms with van der Waals surface area (Å²) in [7, 11) is 0. The van der Waals surface area contributed by atoms with E-state index in [4.69, 9.17) is 9.72 Å². The molecule has 0 bridgehead atoms. The van der Waals surface area contributed by atoms with Crippen molar-refractivity contribution in [2.75, 3.05) is 6.61 Å². The molecule has 0 saturated carbocycles. The third-order valence-corrected chi connectivity index (χ3v) is 7.45. The monoisotopic (exact) mass is 558 g/mol. The smallest absolute Gasteiger partial charge is 0.323 e. The van der Waals surface area contributed by atoms with Crippen molar-refractivity contribution in [2.24, 2.45) is 0 Å². The molecule has 11 heteroatoms. The van der Waals surface area contributed by atoms with Crippen molar-refractivity contribution in [1.82, 2.24) is 29.7 Å². The van der Waals surface area contributed by atoms with Gasteiger partial charge in [-0.2, -0.15) is 0 Å². The van der Waals surface area contributed by atoms with Crippen molar-refractivity contribution in [1.29, 1.82) is 0 Å². The Morgan fingerprint density at radius 1 is 0.975 bits per heavy atom. The third kappa shape index (κ3) is 6.31. The SMILES string of the molecule is CCOC(=O)CCCCC(=O)c1[nH]c(=O)[nH]c1CSc1nnc2c3ccccc3n(CCc3ccccc3)c2n1. The zero-order valence-corrected chi connectivity index (χ0v) is 23.0. The molecule has 3 aromatic heterocycles. The number of para-hydroxylation sites is 1. The zero-order valence-electron chi connectivity index (χ0n) is 22.2. The molecule has 40 heavy (non-hydrogen) atoms. The quantitative estimate of drug-likeness (QED) is 0.0907. The van der Waals surface area contributed by atoms with Gasteiger partial charge in [-0.3, -0.25) is 9.59 Å². The number of ether oxygens (including phenoxy) is 1. The van der Waals surface area contributed by atoms with E-state index in [1.165, 1.54) is 17.3 Å². The number of rotatable bonds is 13. The van der Waals surface area contributed by atoms with E-state index in [0.717, 1.165) is 35.0 Å². The minimum Gasteiger partial charge on any atom is -0.466 e. The van der Waals surface area contributed by atoms with Crippen LogP contribution in [0.3, 0.4) is 0 Å². The van der Waals surface area contributed by atoms with Gasteiger partial charge in [-0.25, -0.2) is 9.78 Å². The lowest BCUT2D eigenvalue weighted by Gasteiger charge is -2.07. The predicted molar refractivity (Wildman–Crippen MR) is 153 cm³/mol. The lowest BCUT2D eigenvalue weighted by atomic mass is 10.1. The van der Waals surface area contributed by atoms with Gasteiger partial charge in [0.1, 0.15) is 11.2 Å². The van der Waals surface area contributed by atoms with Crippen LogP contribution in [0.5, 0.6) is 0 Å². The third-order valence-electron chi connectivity index (χ3n) is 6.59. The number of nitrogens with zero attached hydrogens (tertiary/aromatic N) is 4. The van der Waals surface area contributed by atoms with Gasteiger partial charge >= 0.3 is 11.7 Å². The first kappa shape index (κ1) is 27.3. The first-order valence-corrected chi connectivity index (χ1v) is 14.3. The number of carbonyl (C=O) groups is 2. The van der Waals surface area contributed by atoms with Crippen molar-refractivity contribution in [3.8, 4) is 0 Å². The molecule has 5 aromatic rings. The van der Waals surface area contributed by atoms with Crippen molar-refractivity contribution in [3.05, 3.63) is 82.0 Å². The van der Waals surface area contributed by atoms with Crippen molar-refractivity contribution >= 4 is 45.6 Å². The molecule has 0 aliphatic heterocycles. The summed E-state index contributed by atoms with van der Waals surface area (Å²) in [5.74, 6) is -0.166. The fraction of sp³-hybridized carbons (Fsp3) is 0.310. The molecule has 2 N–H and O–H groups in total. The minimum absolute atomic E-state index is 0.187. The largest absolute Gasteiger partial charge is 0.466 e. The maximum Gasteiger partial charge on any atom is 0.323 e. The van der Waals surface area contributed by atoms with Gasteiger partial charge in [0.2, 0.25) is 5.16 Å². The van der Waals surface area contributed by atoms with Crippen LogP contribution in [0.1, 0.15) is 54.4 Å². The van der Waals surface area contributed by atoms with E-state index in [0.29, 0.717) is 36.1 Å². The summed E-state index contributed by atoms with van der Waals surface area (Å²) in [6, 6.07) is 18.4. The van der Waals surface area contributed by atoms with Crippen LogP contribution in [0.2, 0.25) is 0 Å². The molecule has 0 saturated heterocycles. The molecule has 0 spiro atoms. The summed E-state index contributed by atoms with van der Waals surface area (Å²) in [4.78, 5) is 46.5. The van der Waals surface area contributed by atoms with Crippen LogP contribution in [0.4, 0.5) is 0 Å². The van der Waals surface area contributed by atoms with Gasteiger partial charge in [0.05, 0.1) is 17.8 Å². The number of aromatic amines is 2. The number of fused-ring (bicyclic) bond motifs is 3. The number of aryl methyl sites for hydroxylation is 2. The van der Waals surface area contributed by atoms with Gasteiger partial charge in [-0.05, 0) is 37.8 Å². The average Bonchev–Trinajstić information content (AvgIpc) is 3.50. The predicted octanol–water partition coefficient (Wildman–Crippen LogP) is 4.84. The topological polar surface area (TPSA) is 136 Å². The number of carbonyl (C=O) groups excluding carboxylic acids is 2.